The summed E-state index contributed by atoms with van der Waals surface area (Å²) in [6, 6.07) is 17.4. The van der Waals surface area contributed by atoms with Gasteiger partial charge in [0.05, 0.1) is 0 Å². The third-order valence-corrected chi connectivity index (χ3v) is 4.89. The average Bonchev–Trinajstić information content (AvgIpc) is 2.72. The number of rotatable bonds is 7. The van der Waals surface area contributed by atoms with Crippen LogP contribution in [0.4, 0.5) is 0 Å². The first kappa shape index (κ1) is 19.1. The van der Waals surface area contributed by atoms with E-state index in [4.69, 9.17) is 4.74 Å². The van der Waals surface area contributed by atoms with Gasteiger partial charge in [0.2, 0.25) is 0 Å². The van der Waals surface area contributed by atoms with Crippen LogP contribution in [0.25, 0.3) is 0 Å². The second-order valence-corrected chi connectivity index (χ2v) is 6.83. The number of carbonyl (C=O) groups is 2. The molecule has 1 amide bonds. The number of Topliss-reactive ketones (excluding diaryl/α,β-unsaturated/α-hetero) is 1. The number of hydrogen-bond donors (Lipinski definition) is 0. The summed E-state index contributed by atoms with van der Waals surface area (Å²) < 4.78 is 5.59. The SMILES string of the molecule is CC(=O)c1cccc(OCC(=O)N2CCN(CCc3ccccc3)CC2)c1. The van der Waals surface area contributed by atoms with Gasteiger partial charge in [-0.05, 0) is 31.0 Å². The molecule has 5 nitrogen and oxygen atoms in total. The van der Waals surface area contributed by atoms with Crippen molar-refractivity contribution in [1.82, 2.24) is 9.80 Å². The summed E-state index contributed by atoms with van der Waals surface area (Å²) >= 11 is 0. The molecular formula is C22H26N2O3. The van der Waals surface area contributed by atoms with E-state index in [0.29, 0.717) is 11.3 Å². The van der Waals surface area contributed by atoms with Gasteiger partial charge in [-0.1, -0.05) is 42.5 Å². The lowest BCUT2D eigenvalue weighted by molar-refractivity contribution is -0.135. The summed E-state index contributed by atoms with van der Waals surface area (Å²) in [5.41, 5.74) is 1.93. The van der Waals surface area contributed by atoms with Crippen molar-refractivity contribution in [2.75, 3.05) is 39.3 Å². The van der Waals surface area contributed by atoms with Crippen LogP contribution in [0, 0.1) is 0 Å². The molecule has 27 heavy (non-hydrogen) atoms. The second kappa shape index (κ2) is 9.33. The van der Waals surface area contributed by atoms with Gasteiger partial charge in [0.1, 0.15) is 5.75 Å². The van der Waals surface area contributed by atoms with Gasteiger partial charge in [0, 0.05) is 38.3 Å². The fourth-order valence-corrected chi connectivity index (χ4v) is 3.19. The fraction of sp³-hybridized carbons (Fsp3) is 0.364. The number of benzene rings is 2. The van der Waals surface area contributed by atoms with Gasteiger partial charge in [0.25, 0.3) is 5.91 Å². The van der Waals surface area contributed by atoms with Crippen LogP contribution in [0.5, 0.6) is 5.75 Å². The van der Waals surface area contributed by atoms with Gasteiger partial charge in [-0.3, -0.25) is 14.5 Å². The molecule has 0 N–H and O–H groups in total. The Hall–Kier alpha value is -2.66. The van der Waals surface area contributed by atoms with Gasteiger partial charge in [-0.25, -0.2) is 0 Å². The minimum absolute atomic E-state index is 0.00533. The molecule has 0 spiro atoms. The van der Waals surface area contributed by atoms with E-state index in [1.165, 1.54) is 12.5 Å². The van der Waals surface area contributed by atoms with Crippen LogP contribution in [0.15, 0.2) is 54.6 Å². The fourth-order valence-electron chi connectivity index (χ4n) is 3.19. The van der Waals surface area contributed by atoms with E-state index in [1.807, 2.05) is 11.0 Å². The number of piperazine rings is 1. The van der Waals surface area contributed by atoms with E-state index < -0.39 is 0 Å². The topological polar surface area (TPSA) is 49.9 Å². The maximum atomic E-state index is 12.4. The highest BCUT2D eigenvalue weighted by molar-refractivity contribution is 5.94. The van der Waals surface area contributed by atoms with Crippen LogP contribution in [-0.2, 0) is 11.2 Å². The van der Waals surface area contributed by atoms with Gasteiger partial charge in [-0.2, -0.15) is 0 Å². The van der Waals surface area contributed by atoms with Crippen molar-refractivity contribution >= 4 is 11.7 Å². The summed E-state index contributed by atoms with van der Waals surface area (Å²) in [4.78, 5) is 28.1. The molecule has 2 aromatic carbocycles. The molecule has 3 rings (SSSR count). The van der Waals surface area contributed by atoms with Gasteiger partial charge in [0.15, 0.2) is 12.4 Å². The van der Waals surface area contributed by atoms with Crippen molar-refractivity contribution in [3.05, 3.63) is 65.7 Å². The minimum atomic E-state index is -0.0154. The number of hydrogen-bond acceptors (Lipinski definition) is 4. The molecule has 142 valence electrons. The van der Waals surface area contributed by atoms with Gasteiger partial charge in [-0.15, -0.1) is 0 Å². The first-order valence-electron chi connectivity index (χ1n) is 9.39. The van der Waals surface area contributed by atoms with Crippen LogP contribution >= 0.6 is 0 Å². The van der Waals surface area contributed by atoms with E-state index >= 15 is 0 Å². The number of carbonyl (C=O) groups excluding carboxylic acids is 2. The maximum absolute atomic E-state index is 12.4. The Morgan fingerprint density at radius 3 is 2.41 bits per heavy atom. The normalized spacial score (nSPS) is 14.8. The Balaban J connectivity index is 1.40. The maximum Gasteiger partial charge on any atom is 0.260 e. The van der Waals surface area contributed by atoms with E-state index in [1.54, 1.807) is 24.3 Å². The highest BCUT2D eigenvalue weighted by atomic mass is 16.5. The number of ketones is 1. The predicted octanol–water partition coefficient (Wildman–Crippen LogP) is 2.65. The minimum Gasteiger partial charge on any atom is -0.484 e. The average molecular weight is 366 g/mol. The molecule has 1 aliphatic rings. The van der Waals surface area contributed by atoms with Crippen molar-refractivity contribution < 1.29 is 14.3 Å². The van der Waals surface area contributed by atoms with E-state index in [-0.39, 0.29) is 18.3 Å². The molecule has 2 aromatic rings. The molecule has 1 aliphatic heterocycles. The molecule has 0 unspecified atom stereocenters. The van der Waals surface area contributed by atoms with Crippen LogP contribution in [0.1, 0.15) is 22.8 Å². The van der Waals surface area contributed by atoms with Crippen molar-refractivity contribution in [2.24, 2.45) is 0 Å². The molecule has 1 fully saturated rings. The number of nitrogens with zero attached hydrogens (tertiary/aromatic N) is 2. The molecule has 0 bridgehead atoms. The summed E-state index contributed by atoms with van der Waals surface area (Å²) in [6.07, 6.45) is 1.03. The Kier molecular flexibility index (Phi) is 6.60. The van der Waals surface area contributed by atoms with Gasteiger partial charge >= 0.3 is 0 Å². The van der Waals surface area contributed by atoms with Crippen LogP contribution < -0.4 is 4.74 Å². The lowest BCUT2D eigenvalue weighted by atomic mass is 10.1. The van der Waals surface area contributed by atoms with E-state index in [9.17, 15) is 9.59 Å². The Bertz CT molecular complexity index is 768. The lowest BCUT2D eigenvalue weighted by Gasteiger charge is -2.34. The van der Waals surface area contributed by atoms with Crippen LogP contribution in [0.2, 0.25) is 0 Å². The second-order valence-electron chi connectivity index (χ2n) is 6.83. The molecule has 5 heteroatoms. The first-order valence-corrected chi connectivity index (χ1v) is 9.39. The van der Waals surface area contributed by atoms with Crippen LogP contribution in [-0.4, -0.2) is 60.8 Å². The highest BCUT2D eigenvalue weighted by Crippen LogP contribution is 2.14. The standard InChI is InChI=1S/C22H26N2O3/c1-18(25)20-8-5-9-21(16-20)27-17-22(26)24-14-12-23(13-15-24)11-10-19-6-3-2-4-7-19/h2-9,16H,10-15,17H2,1H3. The Labute approximate surface area is 160 Å². The molecule has 1 heterocycles. The van der Waals surface area contributed by atoms with E-state index in [0.717, 1.165) is 39.1 Å². The van der Waals surface area contributed by atoms with Crippen molar-refractivity contribution in [2.45, 2.75) is 13.3 Å². The Morgan fingerprint density at radius 1 is 0.963 bits per heavy atom. The zero-order chi connectivity index (χ0) is 19.1. The number of amides is 1. The first-order chi connectivity index (χ1) is 13.1. The van der Waals surface area contributed by atoms with Crippen molar-refractivity contribution in [1.29, 1.82) is 0 Å². The highest BCUT2D eigenvalue weighted by Gasteiger charge is 2.21. The van der Waals surface area contributed by atoms with Gasteiger partial charge < -0.3 is 9.64 Å². The number of ether oxygens (including phenoxy) is 1. The molecular weight excluding hydrogens is 340 g/mol. The molecule has 1 saturated heterocycles. The smallest absolute Gasteiger partial charge is 0.260 e. The Morgan fingerprint density at radius 2 is 1.70 bits per heavy atom. The molecule has 0 saturated carbocycles. The van der Waals surface area contributed by atoms with Crippen molar-refractivity contribution in [3.63, 3.8) is 0 Å². The monoisotopic (exact) mass is 366 g/mol. The summed E-state index contributed by atoms with van der Waals surface area (Å²) in [5, 5.41) is 0. The molecule has 0 atom stereocenters. The van der Waals surface area contributed by atoms with Crippen molar-refractivity contribution in [3.8, 4) is 5.75 Å². The largest absolute Gasteiger partial charge is 0.484 e. The molecule has 0 radical (unpaired) electrons. The third-order valence-electron chi connectivity index (χ3n) is 4.89. The third kappa shape index (κ3) is 5.66. The van der Waals surface area contributed by atoms with E-state index in [2.05, 4.69) is 29.2 Å². The zero-order valence-corrected chi connectivity index (χ0v) is 15.8. The summed E-state index contributed by atoms with van der Waals surface area (Å²) in [7, 11) is 0. The van der Waals surface area contributed by atoms with Crippen LogP contribution in [0.3, 0.4) is 0 Å². The summed E-state index contributed by atoms with van der Waals surface area (Å²) in [5.74, 6) is 0.530. The molecule has 0 aliphatic carbocycles. The zero-order valence-electron chi connectivity index (χ0n) is 15.8. The quantitative estimate of drug-likeness (QED) is 0.707. The predicted molar refractivity (Wildman–Crippen MR) is 105 cm³/mol. The molecule has 0 aromatic heterocycles. The lowest BCUT2D eigenvalue weighted by Crippen LogP contribution is -2.50. The summed E-state index contributed by atoms with van der Waals surface area (Å²) in [6.45, 7) is 5.76.